The highest BCUT2D eigenvalue weighted by Crippen LogP contribution is 2.46. The lowest BCUT2D eigenvalue weighted by atomic mass is 10.2. The van der Waals surface area contributed by atoms with Crippen LogP contribution < -0.4 is 0 Å². The van der Waals surface area contributed by atoms with Crippen LogP contribution in [0.25, 0.3) is 0 Å². The van der Waals surface area contributed by atoms with Crippen LogP contribution in [-0.2, 0) is 23.6 Å². The third-order valence-electron chi connectivity index (χ3n) is 5.08. The highest BCUT2D eigenvalue weighted by atomic mass is 35.5. The Kier molecular flexibility index (Phi) is 6.98. The predicted octanol–water partition coefficient (Wildman–Crippen LogP) is 6.18. The van der Waals surface area contributed by atoms with Crippen molar-refractivity contribution in [2.75, 3.05) is 5.88 Å². The lowest BCUT2D eigenvalue weighted by Crippen LogP contribution is -2.51. The predicted molar refractivity (Wildman–Crippen MR) is 96.0 cm³/mol. The summed E-state index contributed by atoms with van der Waals surface area (Å²) in [6.07, 6.45) is -18.1. The van der Waals surface area contributed by atoms with E-state index in [4.69, 9.17) is 11.6 Å². The van der Waals surface area contributed by atoms with Crippen LogP contribution in [0.15, 0.2) is 36.8 Å². The summed E-state index contributed by atoms with van der Waals surface area (Å²) in [4.78, 5) is 0. The second kappa shape index (κ2) is 8.95. The molecule has 39 heavy (non-hydrogen) atoms. The summed E-state index contributed by atoms with van der Waals surface area (Å²) in [6.45, 7) is 0. The van der Waals surface area contributed by atoms with E-state index in [1.807, 2.05) is 0 Å². The number of alkyl halides is 16. The van der Waals surface area contributed by atoms with Crippen molar-refractivity contribution in [1.82, 2.24) is 29.3 Å². The minimum Gasteiger partial charge on any atom is -0.223 e. The molecular formula is C17H8ClF15N6. The first-order chi connectivity index (χ1) is 17.4. The first kappa shape index (κ1) is 30.4. The molecule has 0 unspecified atom stereocenters. The number of hydrogen-bond acceptors (Lipinski definition) is 3. The van der Waals surface area contributed by atoms with Gasteiger partial charge in [-0.15, -0.1) is 11.6 Å². The molecule has 0 amide bonds. The Bertz CT molecular complexity index is 1160. The first-order valence-corrected chi connectivity index (χ1v) is 10.1. The van der Waals surface area contributed by atoms with E-state index in [0.29, 0.717) is 0 Å². The summed E-state index contributed by atoms with van der Waals surface area (Å²) in [6, 6.07) is -0.0469. The molecule has 0 N–H and O–H groups in total. The van der Waals surface area contributed by atoms with Crippen LogP contribution in [0, 0.1) is 0 Å². The summed E-state index contributed by atoms with van der Waals surface area (Å²) < 4.78 is 198. The molecular weight excluding hydrogens is 609 g/mol. The van der Waals surface area contributed by atoms with Crippen LogP contribution in [0.2, 0.25) is 0 Å². The van der Waals surface area contributed by atoms with Gasteiger partial charge in [0.15, 0.2) is 0 Å². The average molecular weight is 617 g/mol. The molecule has 0 bridgehead atoms. The van der Waals surface area contributed by atoms with Gasteiger partial charge in [-0.25, -0.2) is 14.0 Å². The van der Waals surface area contributed by atoms with E-state index >= 15 is 0 Å². The van der Waals surface area contributed by atoms with Gasteiger partial charge in [0.2, 0.25) is 0 Å². The van der Waals surface area contributed by atoms with Crippen molar-refractivity contribution in [3.63, 3.8) is 0 Å². The van der Waals surface area contributed by atoms with Crippen LogP contribution in [0.4, 0.5) is 65.9 Å². The molecule has 0 aliphatic rings. The van der Waals surface area contributed by atoms with Gasteiger partial charge >= 0.3 is 36.3 Å². The standard InChI is InChI=1S/C17H8ClF15N6/c18-7-11(37-4-1-8(34-37)12(19,20)15(25,26)27,38-5-2-9(35-38)13(21,22)16(28,29)30)39-6-3-10(36-39)14(23,24)17(31,32)33/h1-6H,7H2. The van der Waals surface area contributed by atoms with E-state index in [1.54, 1.807) is 0 Å². The fraction of sp³-hybridized carbons (Fsp3) is 0.471. The number of hydrogen-bond donors (Lipinski definition) is 0. The van der Waals surface area contributed by atoms with Crippen molar-refractivity contribution in [3.8, 4) is 0 Å². The molecule has 22 heteroatoms. The van der Waals surface area contributed by atoms with Gasteiger partial charge in [0, 0.05) is 18.6 Å². The third-order valence-corrected chi connectivity index (χ3v) is 5.44. The normalized spacial score (nSPS) is 14.8. The molecule has 0 spiro atoms. The summed E-state index contributed by atoms with van der Waals surface area (Å²) in [7, 11) is 0. The fourth-order valence-electron chi connectivity index (χ4n) is 3.01. The smallest absolute Gasteiger partial charge is 0.223 e. The van der Waals surface area contributed by atoms with Crippen molar-refractivity contribution < 1.29 is 65.9 Å². The first-order valence-electron chi connectivity index (χ1n) is 9.54. The molecule has 0 fully saturated rings. The van der Waals surface area contributed by atoms with Gasteiger partial charge in [0.05, 0.1) is 5.88 Å². The SMILES string of the molecule is FC(F)(F)C(F)(F)c1ccn(C(CCl)(n2ccc(C(F)(F)C(F)(F)F)n2)n2ccc(C(F)(F)C(F)(F)F)n2)n1. The van der Waals surface area contributed by atoms with Crippen LogP contribution >= 0.6 is 11.6 Å². The molecule has 3 aromatic heterocycles. The van der Waals surface area contributed by atoms with E-state index in [1.165, 1.54) is 0 Å². The van der Waals surface area contributed by atoms with Crippen molar-refractivity contribution in [1.29, 1.82) is 0 Å². The largest absolute Gasteiger partial charge is 0.459 e. The Morgan fingerprint density at radius 2 is 0.718 bits per heavy atom. The van der Waals surface area contributed by atoms with Gasteiger partial charge in [0.1, 0.15) is 17.1 Å². The van der Waals surface area contributed by atoms with E-state index in [-0.39, 0.29) is 50.8 Å². The minimum absolute atomic E-state index is 0.0156. The topological polar surface area (TPSA) is 53.5 Å². The number of rotatable bonds is 7. The molecule has 0 saturated carbocycles. The Balaban J connectivity index is 2.31. The van der Waals surface area contributed by atoms with Gasteiger partial charge in [-0.2, -0.15) is 81.2 Å². The second-order valence-corrected chi connectivity index (χ2v) is 7.83. The highest BCUT2D eigenvalue weighted by molar-refractivity contribution is 6.18. The molecule has 0 aliphatic carbocycles. The van der Waals surface area contributed by atoms with Crippen molar-refractivity contribution in [2.45, 2.75) is 42.1 Å². The van der Waals surface area contributed by atoms with Crippen LogP contribution in [0.3, 0.4) is 0 Å². The maximum atomic E-state index is 13.8. The molecule has 0 saturated heterocycles. The monoisotopic (exact) mass is 616 g/mol. The quantitative estimate of drug-likeness (QED) is 0.235. The summed E-state index contributed by atoms with van der Waals surface area (Å²) in [5.41, 5.74) is -6.32. The molecule has 0 aliphatic heterocycles. The fourth-order valence-corrected chi connectivity index (χ4v) is 3.37. The molecule has 3 heterocycles. The van der Waals surface area contributed by atoms with Gasteiger partial charge < -0.3 is 0 Å². The van der Waals surface area contributed by atoms with Crippen LogP contribution in [0.1, 0.15) is 17.1 Å². The lowest BCUT2D eigenvalue weighted by molar-refractivity contribution is -0.291. The average Bonchev–Trinajstić information content (AvgIpc) is 3.54. The van der Waals surface area contributed by atoms with E-state index in [0.717, 1.165) is 0 Å². The molecule has 218 valence electrons. The zero-order chi connectivity index (χ0) is 30.0. The zero-order valence-electron chi connectivity index (χ0n) is 17.9. The third kappa shape index (κ3) is 4.66. The van der Waals surface area contributed by atoms with Gasteiger partial charge in [-0.1, -0.05) is 0 Å². The van der Waals surface area contributed by atoms with Gasteiger partial charge in [0.25, 0.3) is 5.79 Å². The maximum Gasteiger partial charge on any atom is 0.459 e. The lowest BCUT2D eigenvalue weighted by Gasteiger charge is -2.33. The maximum absolute atomic E-state index is 13.8. The number of aromatic nitrogens is 6. The van der Waals surface area contributed by atoms with Crippen molar-refractivity contribution >= 4 is 11.6 Å². The Labute approximate surface area is 209 Å². The molecule has 3 aromatic rings. The number of halogens is 16. The summed E-state index contributed by atoms with van der Waals surface area (Å²) >= 11 is 5.76. The zero-order valence-corrected chi connectivity index (χ0v) is 18.7. The Morgan fingerprint density at radius 1 is 0.487 bits per heavy atom. The summed E-state index contributed by atoms with van der Waals surface area (Å²) in [5.74, 6) is -21.6. The molecule has 3 rings (SSSR count). The second-order valence-electron chi connectivity index (χ2n) is 7.56. The Morgan fingerprint density at radius 3 is 0.897 bits per heavy atom. The van der Waals surface area contributed by atoms with Crippen molar-refractivity contribution in [3.05, 3.63) is 53.9 Å². The molecule has 6 nitrogen and oxygen atoms in total. The highest BCUT2D eigenvalue weighted by Gasteiger charge is 2.63. The summed E-state index contributed by atoms with van der Waals surface area (Å²) in [5, 5.41) is 8.72. The van der Waals surface area contributed by atoms with Crippen LogP contribution in [0.5, 0.6) is 0 Å². The van der Waals surface area contributed by atoms with E-state index in [9.17, 15) is 65.9 Å². The molecule has 0 radical (unpaired) electrons. The van der Waals surface area contributed by atoms with E-state index in [2.05, 4.69) is 15.3 Å². The van der Waals surface area contributed by atoms with Crippen LogP contribution in [-0.4, -0.2) is 53.8 Å². The minimum atomic E-state index is -6.27. The van der Waals surface area contributed by atoms with Crippen molar-refractivity contribution in [2.24, 2.45) is 0 Å². The molecule has 0 atom stereocenters. The van der Waals surface area contributed by atoms with Gasteiger partial charge in [-0.3, -0.25) is 0 Å². The molecule has 0 aromatic carbocycles. The Hall–Kier alpha value is -3.13. The van der Waals surface area contributed by atoms with Gasteiger partial charge in [-0.05, 0) is 18.2 Å². The van der Waals surface area contributed by atoms with E-state index < -0.39 is 65.0 Å². The number of nitrogens with zero attached hydrogens (tertiary/aromatic N) is 6.